The lowest BCUT2D eigenvalue weighted by Gasteiger charge is -2.30. The molecular formula is C27H25Cl2N3O3. The van der Waals surface area contributed by atoms with E-state index in [9.17, 15) is 9.59 Å². The van der Waals surface area contributed by atoms with Crippen LogP contribution in [-0.4, -0.2) is 33.5 Å². The molecule has 0 fully saturated rings. The van der Waals surface area contributed by atoms with E-state index in [1.807, 2.05) is 51.1 Å². The molecule has 6 nitrogen and oxygen atoms in total. The third-order valence-corrected chi connectivity index (χ3v) is 6.36. The van der Waals surface area contributed by atoms with E-state index in [-0.39, 0.29) is 16.5 Å². The molecule has 8 heteroatoms. The van der Waals surface area contributed by atoms with Crippen LogP contribution in [0.3, 0.4) is 0 Å². The maximum atomic E-state index is 13.8. The minimum atomic E-state index is -0.564. The fourth-order valence-electron chi connectivity index (χ4n) is 4.13. The highest BCUT2D eigenvalue weighted by Crippen LogP contribution is 2.30. The number of carbonyl (C=O) groups is 1. The Labute approximate surface area is 213 Å². The lowest BCUT2D eigenvalue weighted by Crippen LogP contribution is -2.37. The molecule has 1 atom stereocenters. The van der Waals surface area contributed by atoms with Crippen molar-refractivity contribution in [3.63, 3.8) is 0 Å². The average Bonchev–Trinajstić information content (AvgIpc) is 2.85. The van der Waals surface area contributed by atoms with Crippen molar-refractivity contribution in [1.29, 1.82) is 0 Å². The molecule has 0 N–H and O–H groups in total. The van der Waals surface area contributed by atoms with Crippen LogP contribution < -0.4 is 10.3 Å². The third-order valence-electron chi connectivity index (χ3n) is 5.81. The summed E-state index contributed by atoms with van der Waals surface area (Å²) in [5.74, 6) is 0.688. The molecular weight excluding hydrogens is 485 g/mol. The van der Waals surface area contributed by atoms with Gasteiger partial charge >= 0.3 is 0 Å². The summed E-state index contributed by atoms with van der Waals surface area (Å²) in [5, 5.41) is 1.18. The average molecular weight is 510 g/mol. The number of amides is 1. The van der Waals surface area contributed by atoms with Gasteiger partial charge in [0.2, 0.25) is 0 Å². The number of nitrogens with zero attached hydrogens (tertiary/aromatic N) is 3. The first-order valence-corrected chi connectivity index (χ1v) is 12.1. The van der Waals surface area contributed by atoms with Gasteiger partial charge in [0.15, 0.2) is 0 Å². The van der Waals surface area contributed by atoms with Gasteiger partial charge in [0.1, 0.15) is 11.6 Å². The largest absolute Gasteiger partial charge is 0.492 e. The van der Waals surface area contributed by atoms with E-state index in [1.165, 1.54) is 10.6 Å². The van der Waals surface area contributed by atoms with E-state index in [1.54, 1.807) is 35.2 Å². The topological polar surface area (TPSA) is 64.4 Å². The normalized spacial score (nSPS) is 11.9. The fraction of sp³-hybridized carbons (Fsp3) is 0.222. The van der Waals surface area contributed by atoms with Crippen LogP contribution in [0.15, 0.2) is 71.5 Å². The molecule has 0 bridgehead atoms. The molecule has 1 aromatic heterocycles. The third kappa shape index (κ3) is 4.77. The Balaban J connectivity index is 1.93. The van der Waals surface area contributed by atoms with Gasteiger partial charge in [0, 0.05) is 11.6 Å². The quantitative estimate of drug-likeness (QED) is 0.292. The lowest BCUT2D eigenvalue weighted by atomic mass is 10.1. The second kappa shape index (κ2) is 10.5. The van der Waals surface area contributed by atoms with Crippen LogP contribution in [-0.2, 0) is 0 Å². The smallest absolute Gasteiger partial charge is 0.266 e. The zero-order valence-electron chi connectivity index (χ0n) is 19.7. The first-order chi connectivity index (χ1) is 16.9. The molecule has 0 aliphatic rings. The summed E-state index contributed by atoms with van der Waals surface area (Å²) in [4.78, 5) is 33.8. The van der Waals surface area contributed by atoms with E-state index in [4.69, 9.17) is 32.9 Å². The standard InChI is InChI=1S/C27H25Cl2N3O3/c1-4-31(26(33)19-15-14-18(28)16-21(19)29)17(3)25-30-22-11-7-6-10-20(22)27(34)32(25)23-12-8-9-13-24(23)35-5-2/h6-17H,4-5H2,1-3H3. The zero-order chi connectivity index (χ0) is 25.1. The summed E-state index contributed by atoms with van der Waals surface area (Å²) >= 11 is 12.4. The Morgan fingerprint density at radius 3 is 2.49 bits per heavy atom. The van der Waals surface area contributed by atoms with Crippen molar-refractivity contribution < 1.29 is 9.53 Å². The van der Waals surface area contributed by atoms with Crippen molar-refractivity contribution in [2.24, 2.45) is 0 Å². The number of carbonyl (C=O) groups excluding carboxylic acids is 1. The van der Waals surface area contributed by atoms with Crippen LogP contribution in [0, 0.1) is 0 Å². The Hall–Kier alpha value is -3.35. The van der Waals surface area contributed by atoms with Crippen molar-refractivity contribution in [2.45, 2.75) is 26.8 Å². The maximum absolute atomic E-state index is 13.8. The molecule has 0 saturated heterocycles. The Morgan fingerprint density at radius 2 is 1.77 bits per heavy atom. The number of halogens is 2. The highest BCUT2D eigenvalue weighted by molar-refractivity contribution is 6.36. The second-order valence-corrected chi connectivity index (χ2v) is 8.76. The molecule has 1 heterocycles. The van der Waals surface area contributed by atoms with Crippen molar-refractivity contribution in [3.8, 4) is 11.4 Å². The molecule has 180 valence electrons. The maximum Gasteiger partial charge on any atom is 0.266 e. The van der Waals surface area contributed by atoms with Gasteiger partial charge in [-0.15, -0.1) is 0 Å². The highest BCUT2D eigenvalue weighted by Gasteiger charge is 2.28. The van der Waals surface area contributed by atoms with Gasteiger partial charge in [-0.05, 0) is 63.2 Å². The second-order valence-electron chi connectivity index (χ2n) is 7.92. The van der Waals surface area contributed by atoms with Gasteiger partial charge in [-0.2, -0.15) is 0 Å². The van der Waals surface area contributed by atoms with Crippen molar-refractivity contribution in [3.05, 3.63) is 98.5 Å². The number of fused-ring (bicyclic) bond motifs is 1. The number of rotatable bonds is 7. The molecule has 1 unspecified atom stereocenters. The lowest BCUT2D eigenvalue weighted by molar-refractivity contribution is 0.0693. The zero-order valence-corrected chi connectivity index (χ0v) is 21.2. The Bertz CT molecular complexity index is 1450. The van der Waals surface area contributed by atoms with Crippen LogP contribution in [0.2, 0.25) is 10.0 Å². The SMILES string of the molecule is CCOc1ccccc1-n1c(C(C)N(CC)C(=O)c2ccc(Cl)cc2Cl)nc2ccccc2c1=O. The molecule has 0 saturated carbocycles. The number of hydrogen-bond acceptors (Lipinski definition) is 4. The van der Waals surface area contributed by atoms with Gasteiger partial charge in [0.25, 0.3) is 11.5 Å². The predicted octanol–water partition coefficient (Wildman–Crippen LogP) is 6.31. The van der Waals surface area contributed by atoms with E-state index in [2.05, 4.69) is 0 Å². The summed E-state index contributed by atoms with van der Waals surface area (Å²) in [7, 11) is 0. The first-order valence-electron chi connectivity index (χ1n) is 11.4. The number of aromatic nitrogens is 2. The van der Waals surface area contributed by atoms with E-state index >= 15 is 0 Å². The van der Waals surface area contributed by atoms with Gasteiger partial charge in [0.05, 0.1) is 39.8 Å². The molecule has 0 radical (unpaired) electrons. The minimum absolute atomic E-state index is 0.238. The van der Waals surface area contributed by atoms with Crippen LogP contribution in [0.4, 0.5) is 0 Å². The molecule has 4 rings (SSSR count). The molecule has 0 aliphatic heterocycles. The monoisotopic (exact) mass is 509 g/mol. The summed E-state index contributed by atoms with van der Waals surface area (Å²) in [5.41, 5.74) is 1.21. The molecule has 0 spiro atoms. The molecule has 0 aliphatic carbocycles. The fourth-order valence-corrected chi connectivity index (χ4v) is 4.62. The Morgan fingerprint density at radius 1 is 1.06 bits per heavy atom. The molecule has 4 aromatic rings. The number of benzene rings is 3. The molecule has 1 amide bonds. The van der Waals surface area contributed by atoms with Crippen LogP contribution >= 0.6 is 23.2 Å². The summed E-state index contributed by atoms with van der Waals surface area (Å²) in [6.45, 7) is 6.41. The number of ether oxygens (including phenoxy) is 1. The van der Waals surface area contributed by atoms with Gasteiger partial charge in [-0.25, -0.2) is 4.98 Å². The number of hydrogen-bond donors (Lipinski definition) is 0. The number of para-hydroxylation sites is 3. The van der Waals surface area contributed by atoms with Crippen LogP contribution in [0.5, 0.6) is 5.75 Å². The summed E-state index contributed by atoms with van der Waals surface area (Å²) < 4.78 is 7.36. The van der Waals surface area contributed by atoms with E-state index in [0.29, 0.717) is 51.9 Å². The Kier molecular flexibility index (Phi) is 7.43. The van der Waals surface area contributed by atoms with Gasteiger partial charge < -0.3 is 9.64 Å². The van der Waals surface area contributed by atoms with Crippen molar-refractivity contribution in [2.75, 3.05) is 13.2 Å². The first kappa shape index (κ1) is 24.8. The van der Waals surface area contributed by atoms with Crippen molar-refractivity contribution in [1.82, 2.24) is 14.5 Å². The van der Waals surface area contributed by atoms with Crippen LogP contribution in [0.25, 0.3) is 16.6 Å². The summed E-state index contributed by atoms with van der Waals surface area (Å²) in [6.07, 6.45) is 0. The van der Waals surface area contributed by atoms with Gasteiger partial charge in [-0.1, -0.05) is 47.5 Å². The van der Waals surface area contributed by atoms with Crippen LogP contribution in [0.1, 0.15) is 43.0 Å². The molecule has 3 aromatic carbocycles. The van der Waals surface area contributed by atoms with Gasteiger partial charge in [-0.3, -0.25) is 14.2 Å². The molecule has 35 heavy (non-hydrogen) atoms. The predicted molar refractivity (Wildman–Crippen MR) is 140 cm³/mol. The highest BCUT2D eigenvalue weighted by atomic mass is 35.5. The van der Waals surface area contributed by atoms with Crippen molar-refractivity contribution >= 4 is 40.0 Å². The van der Waals surface area contributed by atoms with E-state index in [0.717, 1.165) is 0 Å². The minimum Gasteiger partial charge on any atom is -0.492 e. The summed E-state index contributed by atoms with van der Waals surface area (Å²) in [6, 6.07) is 18.7. The van der Waals surface area contributed by atoms with E-state index < -0.39 is 6.04 Å².